The molecule has 0 aliphatic heterocycles. The van der Waals surface area contributed by atoms with Gasteiger partial charge in [0.05, 0.1) is 24.3 Å². The van der Waals surface area contributed by atoms with E-state index in [0.29, 0.717) is 13.0 Å². The maximum atomic E-state index is 14.3. The number of rotatable bonds is 16. The number of benzene rings is 4. The van der Waals surface area contributed by atoms with Crippen molar-refractivity contribution in [1.29, 1.82) is 0 Å². The zero-order valence-electron chi connectivity index (χ0n) is 32.3. The normalized spacial score (nSPS) is 17.0. The van der Waals surface area contributed by atoms with Gasteiger partial charge < -0.3 is 36.2 Å². The Kier molecular flexibility index (Phi) is 14.4. The van der Waals surface area contributed by atoms with Crippen LogP contribution < -0.4 is 26.6 Å². The van der Waals surface area contributed by atoms with E-state index in [4.69, 9.17) is 4.74 Å². The molecule has 0 bridgehead atoms. The smallest absolute Gasteiger partial charge is 0.408 e. The van der Waals surface area contributed by atoms with E-state index in [0.717, 1.165) is 33.4 Å². The number of aliphatic hydroxyl groups excluding tert-OH is 2. The highest BCUT2D eigenvalue weighted by atomic mass is 16.5. The Morgan fingerprint density at radius 1 is 0.750 bits per heavy atom. The molecule has 4 aromatic carbocycles. The molecule has 0 spiro atoms. The molecule has 0 heterocycles. The van der Waals surface area contributed by atoms with Crippen molar-refractivity contribution in [2.75, 3.05) is 0 Å². The van der Waals surface area contributed by atoms with Gasteiger partial charge in [0.15, 0.2) is 0 Å². The number of hydrogen-bond donors (Lipinski definition) is 7. The van der Waals surface area contributed by atoms with E-state index >= 15 is 0 Å². The fourth-order valence-electron chi connectivity index (χ4n) is 6.77. The fourth-order valence-corrected chi connectivity index (χ4v) is 6.77. The van der Waals surface area contributed by atoms with Crippen molar-refractivity contribution >= 4 is 23.8 Å². The summed E-state index contributed by atoms with van der Waals surface area (Å²) < 4.78 is 5.44. The van der Waals surface area contributed by atoms with Gasteiger partial charge in [0, 0.05) is 26.4 Å². The van der Waals surface area contributed by atoms with E-state index in [-0.39, 0.29) is 25.5 Å². The summed E-state index contributed by atoms with van der Waals surface area (Å²) in [5.74, 6) is -1.27. The van der Waals surface area contributed by atoms with Crippen LogP contribution in [0.1, 0.15) is 67.1 Å². The van der Waals surface area contributed by atoms with E-state index in [1.54, 1.807) is 20.8 Å². The van der Waals surface area contributed by atoms with Crippen molar-refractivity contribution in [1.82, 2.24) is 26.6 Å². The van der Waals surface area contributed by atoms with Crippen molar-refractivity contribution in [2.45, 2.75) is 96.6 Å². The van der Waals surface area contributed by atoms with E-state index < -0.39 is 59.7 Å². The number of hydrogen-bond acceptors (Lipinski definition) is 8. The molecule has 0 saturated heterocycles. The van der Waals surface area contributed by atoms with Crippen LogP contribution in [0.3, 0.4) is 0 Å². The van der Waals surface area contributed by atoms with Crippen LogP contribution in [0.4, 0.5) is 4.79 Å². The summed E-state index contributed by atoms with van der Waals surface area (Å²) >= 11 is 0. The van der Waals surface area contributed by atoms with E-state index in [1.807, 2.05) is 109 Å². The van der Waals surface area contributed by atoms with E-state index in [2.05, 4.69) is 26.6 Å². The summed E-state index contributed by atoms with van der Waals surface area (Å²) in [6.07, 6.45) is -2.61. The molecule has 296 valence electrons. The number of carbonyl (C=O) groups excluding carboxylic acids is 4. The molecule has 5 rings (SSSR count). The lowest BCUT2D eigenvalue weighted by atomic mass is 9.85. The third kappa shape index (κ3) is 11.7. The van der Waals surface area contributed by atoms with Crippen LogP contribution in [0.2, 0.25) is 0 Å². The molecule has 7 N–H and O–H groups in total. The molecule has 56 heavy (non-hydrogen) atoms. The van der Waals surface area contributed by atoms with Crippen LogP contribution in [-0.4, -0.2) is 64.4 Å². The van der Waals surface area contributed by atoms with Crippen LogP contribution >= 0.6 is 0 Å². The first-order valence-electron chi connectivity index (χ1n) is 18.9. The number of ether oxygens (including phenoxy) is 1. The summed E-state index contributed by atoms with van der Waals surface area (Å²) in [7, 11) is 0. The molecule has 4 amide bonds. The topological polar surface area (TPSA) is 178 Å². The quantitative estimate of drug-likeness (QED) is 0.0897. The fraction of sp³-hybridized carbons (Fsp3) is 0.364. The van der Waals surface area contributed by atoms with Gasteiger partial charge in [-0.1, -0.05) is 130 Å². The summed E-state index contributed by atoms with van der Waals surface area (Å²) in [5.41, 5.74) is 4.23. The first-order valence-corrected chi connectivity index (χ1v) is 18.9. The number of alkyl carbamates (subject to hydrolysis) is 1. The average molecular weight is 764 g/mol. The lowest BCUT2D eigenvalue weighted by Crippen LogP contribution is -2.62. The maximum Gasteiger partial charge on any atom is 0.408 e. The number of fused-ring (bicyclic) bond motifs is 1. The molecule has 0 aromatic heterocycles. The Balaban J connectivity index is 1.40. The minimum absolute atomic E-state index is 0.0150. The monoisotopic (exact) mass is 763 g/mol. The molecule has 1 aliphatic carbocycles. The second kappa shape index (κ2) is 19.3. The molecule has 5 unspecified atom stereocenters. The number of nitrogens with one attached hydrogen (secondary N) is 5. The Labute approximate surface area is 328 Å². The van der Waals surface area contributed by atoms with Gasteiger partial charge in [-0.15, -0.1) is 0 Å². The standard InChI is InChI=1S/C44H53N5O7/c1-28(50)45-25-30-19-21-31(22-20-30)26-46-38(41(53)48-37-34-18-12-11-17-33(34)24-36(37)51)39(52)35(23-29-13-7-5-8-14-29)47-42(54)40(44(2,3)4)49-43(55)56-27-32-15-9-6-10-16-32/h5-22,35-40,46,51-52H,23-27H2,1-4H3,(H,45,50)(H,47,54)(H,48,53)(H,49,55)/t35?,36?,37?,38?,39?,40-/m1/s1. The van der Waals surface area contributed by atoms with Crippen LogP contribution in [0.5, 0.6) is 0 Å². The van der Waals surface area contributed by atoms with E-state index in [1.165, 1.54) is 6.92 Å². The minimum Gasteiger partial charge on any atom is -0.445 e. The van der Waals surface area contributed by atoms with E-state index in [9.17, 15) is 29.4 Å². The Hall–Kier alpha value is -5.56. The van der Waals surface area contributed by atoms with Crippen LogP contribution in [-0.2, 0) is 51.7 Å². The Morgan fingerprint density at radius 2 is 1.34 bits per heavy atom. The molecule has 1 aliphatic rings. The molecular weight excluding hydrogens is 711 g/mol. The van der Waals surface area contributed by atoms with Crippen molar-refractivity contribution < 1.29 is 34.1 Å². The predicted octanol–water partition coefficient (Wildman–Crippen LogP) is 3.98. The van der Waals surface area contributed by atoms with Gasteiger partial charge in [-0.2, -0.15) is 0 Å². The maximum absolute atomic E-state index is 14.3. The number of aliphatic hydroxyl groups is 2. The summed E-state index contributed by atoms with van der Waals surface area (Å²) in [4.78, 5) is 52.9. The van der Waals surface area contributed by atoms with Crippen molar-refractivity contribution in [3.63, 3.8) is 0 Å². The highest BCUT2D eigenvalue weighted by molar-refractivity contribution is 5.87. The van der Waals surface area contributed by atoms with Crippen LogP contribution in [0.15, 0.2) is 109 Å². The van der Waals surface area contributed by atoms with Crippen molar-refractivity contribution in [3.8, 4) is 0 Å². The summed E-state index contributed by atoms with van der Waals surface area (Å²) in [6.45, 7) is 7.43. The molecule has 0 saturated carbocycles. The van der Waals surface area contributed by atoms with Crippen molar-refractivity contribution in [2.24, 2.45) is 5.41 Å². The van der Waals surface area contributed by atoms with Gasteiger partial charge >= 0.3 is 6.09 Å². The van der Waals surface area contributed by atoms with Gasteiger partial charge in [0.25, 0.3) is 0 Å². The van der Waals surface area contributed by atoms with Gasteiger partial charge in [-0.3, -0.25) is 19.7 Å². The highest BCUT2D eigenvalue weighted by Crippen LogP contribution is 2.31. The van der Waals surface area contributed by atoms with Crippen LogP contribution in [0, 0.1) is 5.41 Å². The summed E-state index contributed by atoms with van der Waals surface area (Å²) in [5, 5.41) is 37.9. The first-order chi connectivity index (χ1) is 26.8. The average Bonchev–Trinajstić information content (AvgIpc) is 3.49. The second-order valence-electron chi connectivity index (χ2n) is 15.3. The molecular formula is C44H53N5O7. The Morgan fingerprint density at radius 3 is 1.96 bits per heavy atom. The molecule has 4 aromatic rings. The largest absolute Gasteiger partial charge is 0.445 e. The number of amides is 4. The minimum atomic E-state index is -1.49. The van der Waals surface area contributed by atoms with Gasteiger partial charge in [0.2, 0.25) is 17.7 Å². The van der Waals surface area contributed by atoms with Gasteiger partial charge in [0.1, 0.15) is 18.7 Å². The molecule has 0 fully saturated rings. The number of carbonyl (C=O) groups is 4. The van der Waals surface area contributed by atoms with Crippen LogP contribution in [0.25, 0.3) is 0 Å². The lowest BCUT2D eigenvalue weighted by molar-refractivity contribution is -0.131. The molecule has 12 heteroatoms. The third-order valence-corrected chi connectivity index (χ3v) is 9.86. The lowest BCUT2D eigenvalue weighted by Gasteiger charge is -2.35. The molecule has 6 atom stereocenters. The summed E-state index contributed by atoms with van der Waals surface area (Å²) in [6, 6.07) is 29.4. The SMILES string of the molecule is CC(=O)NCc1ccc(CNC(C(=O)NC2c3ccccc3CC2O)C(O)C(Cc2ccccc2)NC(=O)[C@@H](NC(=O)OCc2ccccc2)C(C)(C)C)cc1. The first kappa shape index (κ1) is 41.6. The molecule has 12 nitrogen and oxygen atoms in total. The second-order valence-corrected chi connectivity index (χ2v) is 15.3. The molecule has 0 radical (unpaired) electrons. The predicted molar refractivity (Wildman–Crippen MR) is 213 cm³/mol. The zero-order chi connectivity index (χ0) is 40.2. The highest BCUT2D eigenvalue weighted by Gasteiger charge is 2.40. The van der Waals surface area contributed by atoms with Gasteiger partial charge in [-0.05, 0) is 45.2 Å². The zero-order valence-corrected chi connectivity index (χ0v) is 32.3. The Bertz CT molecular complexity index is 1920. The van der Waals surface area contributed by atoms with Crippen molar-refractivity contribution in [3.05, 3.63) is 143 Å². The van der Waals surface area contributed by atoms with Gasteiger partial charge in [-0.25, -0.2) is 4.79 Å². The third-order valence-electron chi connectivity index (χ3n) is 9.86.